The Hall–Kier alpha value is -4.24. The van der Waals surface area contributed by atoms with Crippen LogP contribution in [0.2, 0.25) is 0 Å². The monoisotopic (exact) mass is 485 g/mol. The molecule has 3 heterocycles. The van der Waals surface area contributed by atoms with Crippen LogP contribution in [0.4, 0.5) is 0 Å². The Morgan fingerprint density at radius 2 is 1.83 bits per heavy atom. The number of aromatic nitrogens is 3. The third-order valence-electron chi connectivity index (χ3n) is 5.69. The van der Waals surface area contributed by atoms with E-state index in [0.717, 1.165) is 33.4 Å². The maximum Gasteiger partial charge on any atom is 0.243 e. The second-order valence-electron chi connectivity index (χ2n) is 8.19. The maximum absolute atomic E-state index is 12.8. The number of amides is 1. The molecule has 5 aromatic rings. The lowest BCUT2D eigenvalue weighted by Crippen LogP contribution is -2.27. The number of benzene rings is 2. The molecule has 0 radical (unpaired) electrons. The molecule has 0 aliphatic rings. The second-order valence-corrected chi connectivity index (χ2v) is 10.4. The van der Waals surface area contributed by atoms with Gasteiger partial charge in [-0.1, -0.05) is 36.4 Å². The van der Waals surface area contributed by atoms with Crippen LogP contribution in [0.1, 0.15) is 5.69 Å². The van der Waals surface area contributed by atoms with Gasteiger partial charge in [-0.05, 0) is 35.9 Å². The number of rotatable bonds is 7. The predicted molar refractivity (Wildman–Crippen MR) is 134 cm³/mol. The summed E-state index contributed by atoms with van der Waals surface area (Å²) in [5.74, 6) is 0.308. The highest BCUT2D eigenvalue weighted by atomic mass is 32.2. The molecule has 5 rings (SSSR count). The van der Waals surface area contributed by atoms with Gasteiger partial charge in [0.2, 0.25) is 11.8 Å². The molecule has 1 unspecified atom stereocenters. The molecule has 0 saturated heterocycles. The van der Waals surface area contributed by atoms with Crippen molar-refractivity contribution in [1.82, 2.24) is 19.9 Å². The van der Waals surface area contributed by atoms with Crippen molar-refractivity contribution >= 4 is 26.5 Å². The molecule has 0 bridgehead atoms. The molecule has 0 fully saturated rings. The molecule has 2 N–H and O–H groups in total. The fourth-order valence-corrected chi connectivity index (χ4v) is 4.56. The van der Waals surface area contributed by atoms with E-state index in [2.05, 4.69) is 15.3 Å². The van der Waals surface area contributed by atoms with E-state index < -0.39 is 9.73 Å². The number of carbonyl (C=O) groups excluding carboxylic acids is 1. The molecule has 2 aromatic carbocycles. The van der Waals surface area contributed by atoms with Crippen LogP contribution in [-0.2, 0) is 27.6 Å². The van der Waals surface area contributed by atoms with Crippen LogP contribution in [-0.4, -0.2) is 30.9 Å². The minimum absolute atomic E-state index is 0.117. The SMILES string of the molecule is CS(=N)(=O)c1ccc(-c2ccc(CNC(=O)Cn3c(-c4ncco4)cc4ccccc43)nc2)cc1. The molecule has 9 heteroatoms. The van der Waals surface area contributed by atoms with Crippen LogP contribution in [0.3, 0.4) is 0 Å². The molecule has 0 spiro atoms. The molecule has 8 nitrogen and oxygen atoms in total. The van der Waals surface area contributed by atoms with E-state index in [9.17, 15) is 9.00 Å². The summed E-state index contributed by atoms with van der Waals surface area (Å²) in [5.41, 5.74) is 4.21. The average molecular weight is 486 g/mol. The number of carbonyl (C=O) groups is 1. The van der Waals surface area contributed by atoms with Crippen molar-refractivity contribution in [1.29, 1.82) is 4.78 Å². The standard InChI is InChI=1S/C26H23N5O3S/c1-35(27,33)22-10-7-18(8-11-22)20-6-9-21(29-15-20)16-30-25(32)17-31-23-5-3-2-4-19(23)14-24(31)26-28-12-13-34-26/h2-15,27H,16-17H2,1H3,(H,30,32). The van der Waals surface area contributed by atoms with Crippen molar-refractivity contribution in [3.05, 3.63) is 91.1 Å². The number of oxazole rings is 1. The van der Waals surface area contributed by atoms with Crippen LogP contribution in [0, 0.1) is 4.78 Å². The van der Waals surface area contributed by atoms with E-state index in [0.29, 0.717) is 17.3 Å². The normalized spacial score (nSPS) is 12.9. The Labute approximate surface area is 202 Å². The van der Waals surface area contributed by atoms with Crippen molar-refractivity contribution in [3.63, 3.8) is 0 Å². The number of nitrogens with zero attached hydrogens (tertiary/aromatic N) is 3. The number of hydrogen-bond acceptors (Lipinski definition) is 6. The van der Waals surface area contributed by atoms with E-state index in [1.807, 2.05) is 59.2 Å². The maximum atomic E-state index is 12.8. The molecule has 1 atom stereocenters. The third-order valence-corrected chi connectivity index (χ3v) is 6.86. The number of pyridine rings is 1. The van der Waals surface area contributed by atoms with Crippen LogP contribution >= 0.6 is 0 Å². The van der Waals surface area contributed by atoms with Gasteiger partial charge >= 0.3 is 0 Å². The van der Waals surface area contributed by atoms with Gasteiger partial charge in [-0.15, -0.1) is 0 Å². The van der Waals surface area contributed by atoms with Crippen LogP contribution in [0.15, 0.2) is 94.7 Å². The number of fused-ring (bicyclic) bond motifs is 1. The van der Waals surface area contributed by atoms with Crippen LogP contribution in [0.25, 0.3) is 33.6 Å². The van der Waals surface area contributed by atoms with Crippen molar-refractivity contribution < 1.29 is 13.4 Å². The minimum atomic E-state index is -2.74. The summed E-state index contributed by atoms with van der Waals surface area (Å²) in [4.78, 5) is 22.0. The summed E-state index contributed by atoms with van der Waals surface area (Å²) in [7, 11) is -2.74. The van der Waals surface area contributed by atoms with Crippen molar-refractivity contribution in [2.24, 2.45) is 0 Å². The quantitative estimate of drug-likeness (QED) is 0.347. The van der Waals surface area contributed by atoms with Gasteiger partial charge in [-0.25, -0.2) is 14.0 Å². The summed E-state index contributed by atoms with van der Waals surface area (Å²) >= 11 is 0. The predicted octanol–water partition coefficient (Wildman–Crippen LogP) is 4.71. The Balaban J connectivity index is 1.27. The zero-order chi connectivity index (χ0) is 24.4. The van der Waals surface area contributed by atoms with Crippen molar-refractivity contribution in [3.8, 4) is 22.7 Å². The first kappa shape index (κ1) is 22.5. The second kappa shape index (κ2) is 9.19. The fourth-order valence-electron chi connectivity index (χ4n) is 3.90. The number of nitrogens with one attached hydrogen (secondary N) is 2. The van der Waals surface area contributed by atoms with E-state index in [1.54, 1.807) is 24.5 Å². The molecule has 35 heavy (non-hydrogen) atoms. The van der Waals surface area contributed by atoms with E-state index in [1.165, 1.54) is 12.5 Å². The summed E-state index contributed by atoms with van der Waals surface area (Å²) in [6.07, 6.45) is 6.23. The zero-order valence-corrected chi connectivity index (χ0v) is 19.8. The third kappa shape index (κ3) is 4.85. The smallest absolute Gasteiger partial charge is 0.243 e. The van der Waals surface area contributed by atoms with Crippen molar-refractivity contribution in [2.45, 2.75) is 18.0 Å². The van der Waals surface area contributed by atoms with Crippen LogP contribution < -0.4 is 5.32 Å². The lowest BCUT2D eigenvalue weighted by atomic mass is 10.1. The zero-order valence-electron chi connectivity index (χ0n) is 19.0. The van der Waals surface area contributed by atoms with E-state index >= 15 is 0 Å². The Morgan fingerprint density at radius 1 is 1.06 bits per heavy atom. The number of para-hydroxylation sites is 1. The lowest BCUT2D eigenvalue weighted by Gasteiger charge is -2.10. The van der Waals surface area contributed by atoms with Crippen LogP contribution in [0.5, 0.6) is 0 Å². The highest BCUT2D eigenvalue weighted by molar-refractivity contribution is 7.91. The first-order chi connectivity index (χ1) is 16.9. The Morgan fingerprint density at radius 3 is 2.51 bits per heavy atom. The first-order valence-corrected chi connectivity index (χ1v) is 12.9. The van der Waals surface area contributed by atoms with Crippen molar-refractivity contribution in [2.75, 3.05) is 6.26 Å². The summed E-state index contributed by atoms with van der Waals surface area (Å²) < 4.78 is 26.9. The highest BCUT2D eigenvalue weighted by Gasteiger charge is 2.16. The largest absolute Gasteiger partial charge is 0.443 e. The van der Waals surface area contributed by atoms with E-state index in [4.69, 9.17) is 9.20 Å². The first-order valence-electron chi connectivity index (χ1n) is 10.9. The lowest BCUT2D eigenvalue weighted by molar-refractivity contribution is -0.121. The fraction of sp³-hybridized carbons (Fsp3) is 0.115. The summed E-state index contributed by atoms with van der Waals surface area (Å²) in [6.45, 7) is 0.411. The minimum Gasteiger partial charge on any atom is -0.443 e. The Kier molecular flexibility index (Phi) is 5.92. The highest BCUT2D eigenvalue weighted by Crippen LogP contribution is 2.27. The molecule has 1 amide bonds. The molecular weight excluding hydrogens is 462 g/mol. The van der Waals surface area contributed by atoms with Gasteiger partial charge in [-0.3, -0.25) is 9.78 Å². The van der Waals surface area contributed by atoms with Gasteiger partial charge in [0.25, 0.3) is 0 Å². The molecule has 0 aliphatic carbocycles. The van der Waals surface area contributed by atoms with Gasteiger partial charge in [0.05, 0.1) is 28.2 Å². The van der Waals surface area contributed by atoms with Gasteiger partial charge < -0.3 is 14.3 Å². The van der Waals surface area contributed by atoms with E-state index in [-0.39, 0.29) is 12.5 Å². The van der Waals surface area contributed by atoms with Gasteiger partial charge in [-0.2, -0.15) is 0 Å². The van der Waals surface area contributed by atoms with Gasteiger partial charge in [0.1, 0.15) is 18.5 Å². The molecule has 3 aromatic heterocycles. The van der Waals surface area contributed by atoms with Gasteiger partial charge in [0, 0.05) is 33.8 Å². The molecule has 0 aliphatic heterocycles. The molecular formula is C26H23N5O3S. The number of hydrogen-bond donors (Lipinski definition) is 2. The summed E-state index contributed by atoms with van der Waals surface area (Å²) in [5, 5.41) is 3.93. The Bertz CT molecular complexity index is 1590. The molecule has 176 valence electrons. The average Bonchev–Trinajstić information content (AvgIpc) is 3.51. The topological polar surface area (TPSA) is 114 Å². The van der Waals surface area contributed by atoms with Gasteiger partial charge in [0.15, 0.2) is 0 Å². The molecule has 0 saturated carbocycles. The summed E-state index contributed by atoms with van der Waals surface area (Å²) in [6, 6.07) is 20.7.